The minimum atomic E-state index is -0.888. The molecule has 1 aliphatic carbocycles. The molecule has 0 saturated heterocycles. The van der Waals surface area contributed by atoms with Crippen LogP contribution in [-0.2, 0) is 20.7 Å². The number of ether oxygens (including phenoxy) is 1. The zero-order chi connectivity index (χ0) is 23.1. The van der Waals surface area contributed by atoms with E-state index >= 15 is 0 Å². The van der Waals surface area contributed by atoms with Crippen LogP contribution in [0.3, 0.4) is 0 Å². The number of nitrogens with zero attached hydrogens (tertiary/aromatic N) is 1. The lowest BCUT2D eigenvalue weighted by molar-refractivity contribution is -0.148. The van der Waals surface area contributed by atoms with E-state index in [2.05, 4.69) is 10.3 Å². The van der Waals surface area contributed by atoms with E-state index in [-0.39, 0.29) is 6.42 Å². The van der Waals surface area contributed by atoms with Gasteiger partial charge in [-0.25, -0.2) is 4.98 Å². The number of rotatable bonds is 8. The van der Waals surface area contributed by atoms with Crippen molar-refractivity contribution in [1.82, 2.24) is 10.3 Å². The summed E-state index contributed by atoms with van der Waals surface area (Å²) in [6.07, 6.45) is 8.35. The molecule has 170 valence electrons. The average molecular weight is 469 g/mol. The van der Waals surface area contributed by atoms with Gasteiger partial charge in [-0.15, -0.1) is 11.3 Å². The van der Waals surface area contributed by atoms with Gasteiger partial charge in [0.05, 0.1) is 18.7 Å². The predicted octanol–water partition coefficient (Wildman–Crippen LogP) is 2.53. The smallest absolute Gasteiger partial charge is 0.313 e. The van der Waals surface area contributed by atoms with Gasteiger partial charge in [-0.2, -0.15) is 0 Å². The molecule has 0 radical (unpaired) electrons. The van der Waals surface area contributed by atoms with Gasteiger partial charge in [0.25, 0.3) is 0 Å². The summed E-state index contributed by atoms with van der Waals surface area (Å²) >= 11 is 2.82. The number of carbonyl (C=O) groups is 2. The Labute approximate surface area is 189 Å². The molecule has 0 aromatic carbocycles. The van der Waals surface area contributed by atoms with E-state index in [4.69, 9.17) is 21.3 Å². The molecule has 0 spiro atoms. The number of aromatic nitrogens is 1. The quantitative estimate of drug-likeness (QED) is 0.383. The number of nitrogens with one attached hydrogen (secondary N) is 1. The van der Waals surface area contributed by atoms with E-state index in [9.17, 15) is 14.7 Å². The second-order valence-corrected chi connectivity index (χ2v) is 9.31. The number of nitrogens with two attached hydrogens (primary N) is 2. The van der Waals surface area contributed by atoms with Gasteiger partial charge in [0.2, 0.25) is 0 Å². The number of carboxylic acid groups (broad SMARTS) is 2. The molecule has 0 bridgehead atoms. The predicted molar refractivity (Wildman–Crippen MR) is 122 cm³/mol. The Hall–Kier alpha value is -2.34. The molecule has 3 atom stereocenters. The molecule has 0 amide bonds. The van der Waals surface area contributed by atoms with Gasteiger partial charge in [-0.1, -0.05) is 43.0 Å². The van der Waals surface area contributed by atoms with Crippen LogP contribution in [0.2, 0.25) is 0 Å². The molecule has 1 aliphatic heterocycles. The van der Waals surface area contributed by atoms with Crippen LogP contribution in [0.25, 0.3) is 0 Å². The minimum absolute atomic E-state index is 0.0198. The van der Waals surface area contributed by atoms with Crippen molar-refractivity contribution >= 4 is 40.2 Å². The maximum atomic E-state index is 11.2. The molecule has 0 saturated carbocycles. The Bertz CT molecular complexity index is 885. The number of hydrogen-bond donors (Lipinski definition) is 5. The second kappa shape index (κ2) is 10.8. The summed E-state index contributed by atoms with van der Waals surface area (Å²) in [4.78, 5) is 25.2. The normalized spacial score (nSPS) is 26.5. The summed E-state index contributed by atoms with van der Waals surface area (Å²) in [5.41, 5.74) is 12.1. The topological polar surface area (TPSA) is 161 Å². The third kappa shape index (κ3) is 7.39. The first-order chi connectivity index (χ1) is 14.6. The van der Waals surface area contributed by atoms with Gasteiger partial charge in [0, 0.05) is 17.5 Å². The monoisotopic (exact) mass is 468 g/mol. The lowest BCUT2D eigenvalue weighted by atomic mass is 9.85. The number of thioether (sulfide) groups is 1. The first-order valence-corrected chi connectivity index (χ1v) is 11.4. The fourth-order valence-electron chi connectivity index (χ4n) is 2.92. The molecule has 1 aromatic heterocycles. The molecule has 2 heterocycles. The Morgan fingerprint density at radius 3 is 2.65 bits per heavy atom. The van der Waals surface area contributed by atoms with Gasteiger partial charge in [-0.3, -0.25) is 15.3 Å². The number of hydrogen-bond acceptors (Lipinski definition) is 9. The molecule has 0 fully saturated rings. The van der Waals surface area contributed by atoms with E-state index in [0.29, 0.717) is 23.9 Å². The van der Waals surface area contributed by atoms with E-state index in [0.717, 1.165) is 12.1 Å². The van der Waals surface area contributed by atoms with Gasteiger partial charge in [0.1, 0.15) is 16.5 Å². The Balaban J connectivity index is 0.000000245. The third-order valence-electron chi connectivity index (χ3n) is 4.72. The van der Waals surface area contributed by atoms with Crippen LogP contribution in [-0.4, -0.2) is 44.3 Å². The van der Waals surface area contributed by atoms with Crippen molar-refractivity contribution in [1.29, 1.82) is 0 Å². The highest BCUT2D eigenvalue weighted by Crippen LogP contribution is 2.31. The van der Waals surface area contributed by atoms with Gasteiger partial charge in [0.15, 0.2) is 5.13 Å². The molecule has 31 heavy (non-hydrogen) atoms. The number of thiazole rings is 1. The van der Waals surface area contributed by atoms with E-state index in [1.54, 1.807) is 36.6 Å². The van der Waals surface area contributed by atoms with E-state index < -0.39 is 28.5 Å². The third-order valence-corrected chi connectivity index (χ3v) is 6.65. The summed E-state index contributed by atoms with van der Waals surface area (Å²) in [5.74, 6) is -2.39. The number of allylic oxidation sites excluding steroid dienone is 2. The molecular formula is C20H28N4O5S2. The van der Waals surface area contributed by atoms with Crippen LogP contribution in [0, 0.1) is 5.92 Å². The van der Waals surface area contributed by atoms with E-state index in [1.807, 2.05) is 12.3 Å². The maximum Gasteiger partial charge on any atom is 0.313 e. The maximum absolute atomic E-state index is 11.2. The van der Waals surface area contributed by atoms with Crippen molar-refractivity contribution in [2.75, 3.05) is 12.3 Å². The molecule has 9 nitrogen and oxygen atoms in total. The summed E-state index contributed by atoms with van der Waals surface area (Å²) in [6, 6.07) is 0. The highest BCUT2D eigenvalue weighted by Gasteiger charge is 2.37. The Morgan fingerprint density at radius 1 is 1.35 bits per heavy atom. The number of nitrogen functional groups attached to an aromatic ring is 1. The Morgan fingerprint density at radius 2 is 2.10 bits per heavy atom. The highest BCUT2D eigenvalue weighted by molar-refractivity contribution is 8.03. The van der Waals surface area contributed by atoms with Crippen molar-refractivity contribution in [2.24, 2.45) is 11.7 Å². The lowest BCUT2D eigenvalue weighted by Crippen LogP contribution is -2.46. The molecular weight excluding hydrogens is 440 g/mol. The van der Waals surface area contributed by atoms with Gasteiger partial charge >= 0.3 is 11.9 Å². The average Bonchev–Trinajstić information content (AvgIpc) is 3.27. The lowest BCUT2D eigenvalue weighted by Gasteiger charge is -2.32. The molecule has 11 heteroatoms. The molecule has 7 N–H and O–H groups in total. The SMILES string of the molecule is CC1(OCCc2csc(N)n2)C=CC=CC1C(=O)O.CCC1(N)NC(CC(=O)O)=CS1. The van der Waals surface area contributed by atoms with Crippen LogP contribution < -0.4 is 16.8 Å². The minimum Gasteiger partial charge on any atom is -0.481 e. The fraction of sp³-hybridized carbons (Fsp3) is 0.450. The molecule has 3 rings (SSSR count). The van der Waals surface area contributed by atoms with Gasteiger partial charge < -0.3 is 26.0 Å². The van der Waals surface area contributed by atoms with Crippen molar-refractivity contribution in [2.45, 2.75) is 43.7 Å². The standard InChI is InChI=1S/C13H16N2O3S.C7H12N2O2S/c1-13(6-3-2-4-10(13)11(16)17)18-7-5-9-8-19-12(14)15-9;1-2-7(8)9-5(4-12-7)3-6(10)11/h2-4,6,8,10H,5,7H2,1H3,(H2,14,15)(H,16,17);4,9H,2-3,8H2,1H3,(H,10,11). The molecule has 1 aromatic rings. The van der Waals surface area contributed by atoms with Gasteiger partial charge in [-0.05, 0) is 18.8 Å². The largest absolute Gasteiger partial charge is 0.481 e. The number of anilines is 1. The zero-order valence-electron chi connectivity index (χ0n) is 17.4. The zero-order valence-corrected chi connectivity index (χ0v) is 19.0. The van der Waals surface area contributed by atoms with Crippen molar-refractivity contribution in [3.05, 3.63) is 46.5 Å². The summed E-state index contributed by atoms with van der Waals surface area (Å²) in [7, 11) is 0. The van der Waals surface area contributed by atoms with E-state index in [1.165, 1.54) is 23.1 Å². The van der Waals surface area contributed by atoms with Crippen LogP contribution >= 0.6 is 23.1 Å². The van der Waals surface area contributed by atoms with Crippen LogP contribution in [0.1, 0.15) is 32.4 Å². The summed E-state index contributed by atoms with van der Waals surface area (Å²) in [6.45, 7) is 4.14. The summed E-state index contributed by atoms with van der Waals surface area (Å²) in [5, 5.41) is 24.8. The second-order valence-electron chi connectivity index (χ2n) is 7.22. The fourth-order valence-corrected chi connectivity index (χ4v) is 4.37. The Kier molecular flexibility index (Phi) is 8.69. The number of aliphatic carboxylic acids is 2. The van der Waals surface area contributed by atoms with Crippen LogP contribution in [0.5, 0.6) is 0 Å². The number of carboxylic acids is 2. The molecule has 2 aliphatic rings. The van der Waals surface area contributed by atoms with Crippen LogP contribution in [0.4, 0.5) is 5.13 Å². The first kappa shape index (κ1) is 24.9. The summed E-state index contributed by atoms with van der Waals surface area (Å²) < 4.78 is 5.76. The molecule has 3 unspecified atom stereocenters. The first-order valence-electron chi connectivity index (χ1n) is 9.65. The highest BCUT2D eigenvalue weighted by atomic mass is 32.2. The van der Waals surface area contributed by atoms with Crippen molar-refractivity contribution in [3.8, 4) is 0 Å². The van der Waals surface area contributed by atoms with Crippen molar-refractivity contribution < 1.29 is 24.5 Å². The van der Waals surface area contributed by atoms with Crippen LogP contribution in [0.15, 0.2) is 40.8 Å². The van der Waals surface area contributed by atoms with Crippen molar-refractivity contribution in [3.63, 3.8) is 0 Å².